The molecule has 2 amide bonds. The molecule has 3 heterocycles. The van der Waals surface area contributed by atoms with Crippen LogP contribution in [0.4, 0.5) is 0 Å². The van der Waals surface area contributed by atoms with E-state index in [4.69, 9.17) is 0 Å². The highest BCUT2D eigenvalue weighted by atomic mass is 79.9. The molecule has 0 atom stereocenters. The standard InChI is InChI=1S/C25H30BrN5O3/c1-14(2)25(34)30-7-5-18(6-8-30)31-22-11-17(26)10-19(21(22)13-28-31)23(32)27-12-20-15(3)9-16(4)29-24(20)33/h9-11,13-14,18H,5-8,12H2,1-4H3,(H,27,32)(H,29,33). The van der Waals surface area contributed by atoms with Crippen LogP contribution in [0.3, 0.4) is 0 Å². The second kappa shape index (κ2) is 9.74. The number of rotatable bonds is 5. The van der Waals surface area contributed by atoms with Gasteiger partial charge in [-0.05, 0) is 50.5 Å². The van der Waals surface area contributed by atoms with Crippen LogP contribution in [-0.4, -0.2) is 44.6 Å². The van der Waals surface area contributed by atoms with Gasteiger partial charge in [-0.2, -0.15) is 5.10 Å². The Morgan fingerprint density at radius 3 is 2.56 bits per heavy atom. The van der Waals surface area contributed by atoms with Gasteiger partial charge in [0.1, 0.15) is 0 Å². The van der Waals surface area contributed by atoms with Crippen LogP contribution in [0, 0.1) is 19.8 Å². The van der Waals surface area contributed by atoms with Crippen molar-refractivity contribution in [1.82, 2.24) is 25.0 Å². The molecule has 180 valence electrons. The summed E-state index contributed by atoms with van der Waals surface area (Å²) in [4.78, 5) is 42.5. The number of fused-ring (bicyclic) bond motifs is 1. The molecular formula is C25H30BrN5O3. The van der Waals surface area contributed by atoms with Crippen LogP contribution in [0.15, 0.2) is 33.7 Å². The van der Waals surface area contributed by atoms with Gasteiger partial charge in [0.05, 0.1) is 23.3 Å². The Hall–Kier alpha value is -2.94. The van der Waals surface area contributed by atoms with Gasteiger partial charge in [0.2, 0.25) is 5.91 Å². The first-order valence-electron chi connectivity index (χ1n) is 11.6. The normalized spacial score (nSPS) is 14.7. The summed E-state index contributed by atoms with van der Waals surface area (Å²) >= 11 is 3.54. The van der Waals surface area contributed by atoms with Gasteiger partial charge in [-0.1, -0.05) is 29.8 Å². The maximum absolute atomic E-state index is 13.1. The van der Waals surface area contributed by atoms with E-state index in [1.807, 2.05) is 49.4 Å². The number of nitrogens with zero attached hydrogens (tertiary/aromatic N) is 3. The second-order valence-corrected chi connectivity index (χ2v) is 10.2. The highest BCUT2D eigenvalue weighted by molar-refractivity contribution is 9.10. The molecule has 1 fully saturated rings. The molecular weight excluding hydrogens is 498 g/mol. The monoisotopic (exact) mass is 527 g/mol. The Morgan fingerprint density at radius 1 is 1.21 bits per heavy atom. The fourth-order valence-electron chi connectivity index (χ4n) is 4.65. The smallest absolute Gasteiger partial charge is 0.253 e. The van der Waals surface area contributed by atoms with Gasteiger partial charge >= 0.3 is 0 Å². The second-order valence-electron chi connectivity index (χ2n) is 9.31. The number of H-pyrrole nitrogens is 1. The van der Waals surface area contributed by atoms with Crippen LogP contribution in [-0.2, 0) is 11.3 Å². The van der Waals surface area contributed by atoms with Gasteiger partial charge in [0.25, 0.3) is 11.5 Å². The SMILES string of the molecule is Cc1cc(C)c(CNC(=O)c2cc(Br)cc3c2cnn3C2CCN(C(=O)C(C)C)CC2)c(=O)[nH]1. The number of likely N-dealkylation sites (tertiary alicyclic amines) is 1. The van der Waals surface area contributed by atoms with Crippen molar-refractivity contribution in [2.45, 2.75) is 53.1 Å². The van der Waals surface area contributed by atoms with E-state index in [0.717, 1.165) is 39.5 Å². The number of hydrogen-bond acceptors (Lipinski definition) is 4. The Morgan fingerprint density at radius 2 is 1.91 bits per heavy atom. The maximum atomic E-state index is 13.1. The van der Waals surface area contributed by atoms with Crippen molar-refractivity contribution < 1.29 is 9.59 Å². The Bertz CT molecular complexity index is 1300. The number of piperidine rings is 1. The topological polar surface area (TPSA) is 100 Å². The first-order valence-corrected chi connectivity index (χ1v) is 12.4. The lowest BCUT2D eigenvalue weighted by molar-refractivity contribution is -0.135. The average Bonchev–Trinajstić information content (AvgIpc) is 3.20. The van der Waals surface area contributed by atoms with E-state index < -0.39 is 0 Å². The summed E-state index contributed by atoms with van der Waals surface area (Å²) in [5.74, 6) is -0.0749. The van der Waals surface area contributed by atoms with E-state index in [0.29, 0.717) is 24.2 Å². The van der Waals surface area contributed by atoms with Crippen LogP contribution in [0.25, 0.3) is 10.9 Å². The quantitative estimate of drug-likeness (QED) is 0.526. The van der Waals surface area contributed by atoms with Gasteiger partial charge in [-0.25, -0.2) is 0 Å². The van der Waals surface area contributed by atoms with Crippen LogP contribution in [0.5, 0.6) is 0 Å². The van der Waals surface area contributed by atoms with Crippen LogP contribution in [0.2, 0.25) is 0 Å². The third-order valence-corrected chi connectivity index (χ3v) is 6.92. The number of hydrogen-bond donors (Lipinski definition) is 2. The molecule has 1 aliphatic heterocycles. The van der Waals surface area contributed by atoms with Crippen molar-refractivity contribution in [2.24, 2.45) is 5.92 Å². The predicted octanol–water partition coefficient (Wildman–Crippen LogP) is 3.85. The third kappa shape index (κ3) is 4.80. The zero-order chi connectivity index (χ0) is 24.6. The summed E-state index contributed by atoms with van der Waals surface area (Å²) in [5.41, 5.74) is 3.37. The summed E-state index contributed by atoms with van der Waals surface area (Å²) in [6, 6.07) is 5.80. The number of benzene rings is 1. The fraction of sp³-hybridized carbons (Fsp3) is 0.440. The zero-order valence-corrected chi connectivity index (χ0v) is 21.5. The summed E-state index contributed by atoms with van der Waals surface area (Å²) in [6.07, 6.45) is 3.36. The Balaban J connectivity index is 1.55. The van der Waals surface area contributed by atoms with Crippen molar-refractivity contribution in [3.63, 3.8) is 0 Å². The van der Waals surface area contributed by atoms with Crippen molar-refractivity contribution in [3.8, 4) is 0 Å². The lowest BCUT2D eigenvalue weighted by Gasteiger charge is -2.33. The molecule has 8 nitrogen and oxygen atoms in total. The number of carbonyl (C=O) groups is 2. The highest BCUT2D eigenvalue weighted by Crippen LogP contribution is 2.30. The number of pyridine rings is 1. The molecule has 4 rings (SSSR count). The lowest BCUT2D eigenvalue weighted by Crippen LogP contribution is -2.41. The molecule has 0 spiro atoms. The molecule has 2 aromatic heterocycles. The van der Waals surface area contributed by atoms with E-state index >= 15 is 0 Å². The predicted molar refractivity (Wildman–Crippen MR) is 135 cm³/mol. The summed E-state index contributed by atoms with van der Waals surface area (Å²) in [6.45, 7) is 9.10. The van der Waals surface area contributed by atoms with Crippen molar-refractivity contribution in [2.75, 3.05) is 13.1 Å². The molecule has 3 aromatic rings. The molecule has 1 aliphatic rings. The van der Waals surface area contributed by atoms with E-state index in [1.54, 1.807) is 12.3 Å². The molecule has 0 unspecified atom stereocenters. The molecule has 0 radical (unpaired) electrons. The maximum Gasteiger partial charge on any atom is 0.253 e. The average molecular weight is 528 g/mol. The molecule has 1 saturated heterocycles. The summed E-state index contributed by atoms with van der Waals surface area (Å²) in [7, 11) is 0. The van der Waals surface area contributed by atoms with Gasteiger partial charge in [-0.3, -0.25) is 19.1 Å². The van der Waals surface area contributed by atoms with Crippen LogP contribution < -0.4 is 10.9 Å². The molecule has 1 aromatic carbocycles. The minimum atomic E-state index is -0.262. The fourth-order valence-corrected chi connectivity index (χ4v) is 5.10. The molecule has 0 saturated carbocycles. The minimum Gasteiger partial charge on any atom is -0.348 e. The molecule has 2 N–H and O–H groups in total. The van der Waals surface area contributed by atoms with Crippen LogP contribution >= 0.6 is 15.9 Å². The Kier molecular flexibility index (Phi) is 6.93. The van der Waals surface area contributed by atoms with E-state index in [9.17, 15) is 14.4 Å². The molecule has 9 heteroatoms. The van der Waals surface area contributed by atoms with Gasteiger partial charge in [0, 0.05) is 46.7 Å². The number of carbonyl (C=O) groups excluding carboxylic acids is 2. The van der Waals surface area contributed by atoms with E-state index in [-0.39, 0.29) is 35.9 Å². The highest BCUT2D eigenvalue weighted by Gasteiger charge is 2.27. The number of aryl methyl sites for hydroxylation is 2. The molecule has 0 aliphatic carbocycles. The molecule has 0 bridgehead atoms. The zero-order valence-electron chi connectivity index (χ0n) is 19.9. The van der Waals surface area contributed by atoms with Gasteiger partial charge < -0.3 is 15.2 Å². The number of aromatic amines is 1. The number of halogens is 1. The van der Waals surface area contributed by atoms with Crippen molar-refractivity contribution in [3.05, 3.63) is 61.6 Å². The van der Waals surface area contributed by atoms with Gasteiger partial charge in [-0.15, -0.1) is 0 Å². The summed E-state index contributed by atoms with van der Waals surface area (Å²) in [5, 5.41) is 8.27. The minimum absolute atomic E-state index is 0.00149. The number of nitrogens with one attached hydrogen (secondary N) is 2. The number of aromatic nitrogens is 3. The Labute approximate surface area is 206 Å². The summed E-state index contributed by atoms with van der Waals surface area (Å²) < 4.78 is 2.76. The van der Waals surface area contributed by atoms with E-state index in [2.05, 4.69) is 31.3 Å². The van der Waals surface area contributed by atoms with Gasteiger partial charge in [0.15, 0.2) is 0 Å². The van der Waals surface area contributed by atoms with E-state index in [1.165, 1.54) is 0 Å². The van der Waals surface area contributed by atoms with Crippen LogP contribution in [0.1, 0.15) is 59.9 Å². The van der Waals surface area contributed by atoms with Crippen molar-refractivity contribution in [1.29, 1.82) is 0 Å². The van der Waals surface area contributed by atoms with Crippen molar-refractivity contribution >= 4 is 38.6 Å². The first-order chi connectivity index (χ1) is 16.2. The molecule has 34 heavy (non-hydrogen) atoms. The third-order valence-electron chi connectivity index (χ3n) is 6.46. The first kappa shape index (κ1) is 24.2. The number of amides is 2. The lowest BCUT2D eigenvalue weighted by atomic mass is 10.0. The largest absolute Gasteiger partial charge is 0.348 e.